The lowest BCUT2D eigenvalue weighted by Gasteiger charge is -2.18. The number of aryl methyl sites for hydroxylation is 1. The van der Waals surface area contributed by atoms with Crippen molar-refractivity contribution in [2.24, 2.45) is 0 Å². The maximum absolute atomic E-state index is 12.7. The Labute approximate surface area is 139 Å². The highest BCUT2D eigenvalue weighted by atomic mass is 32.2. The van der Waals surface area contributed by atoms with Crippen LogP contribution in [0.4, 0.5) is 0 Å². The molecular weight excluding hydrogens is 318 g/mol. The molecule has 1 aromatic heterocycles. The van der Waals surface area contributed by atoms with Crippen molar-refractivity contribution in [3.8, 4) is 0 Å². The third-order valence-electron chi connectivity index (χ3n) is 3.24. The quantitative estimate of drug-likeness (QED) is 0.709. The molecule has 0 saturated heterocycles. The molecule has 7 heteroatoms. The van der Waals surface area contributed by atoms with Crippen LogP contribution in [0.3, 0.4) is 0 Å². The number of carbonyl (C=O) groups excluding carboxylic acids is 2. The van der Waals surface area contributed by atoms with Crippen molar-refractivity contribution >= 4 is 34.7 Å². The van der Waals surface area contributed by atoms with Gasteiger partial charge in [0.2, 0.25) is 11.6 Å². The number of hydrogen-bond donors (Lipinski definition) is 2. The Morgan fingerprint density at radius 3 is 2.68 bits per heavy atom. The Balaban J connectivity index is 2.31. The van der Waals surface area contributed by atoms with Crippen molar-refractivity contribution in [1.29, 1.82) is 0 Å². The van der Waals surface area contributed by atoms with E-state index in [9.17, 15) is 9.59 Å². The second-order valence-electron chi connectivity index (χ2n) is 5.01. The molecule has 5 nitrogen and oxygen atoms in total. The molecule has 0 aromatic carbocycles. The number of rotatable bonds is 8. The fourth-order valence-corrected chi connectivity index (χ4v) is 4.21. The lowest BCUT2D eigenvalue weighted by Crippen LogP contribution is -2.33. The zero-order valence-electron chi connectivity index (χ0n) is 13.1. The fourth-order valence-electron chi connectivity index (χ4n) is 2.10. The van der Waals surface area contributed by atoms with Gasteiger partial charge < -0.3 is 10.6 Å². The predicted octanol–water partition coefficient (Wildman–Crippen LogP) is 2.38. The van der Waals surface area contributed by atoms with Gasteiger partial charge in [-0.2, -0.15) is 0 Å². The highest BCUT2D eigenvalue weighted by molar-refractivity contribution is 8.04. The molecule has 0 unspecified atom stereocenters. The predicted molar refractivity (Wildman–Crippen MR) is 91.8 cm³/mol. The van der Waals surface area contributed by atoms with Crippen molar-refractivity contribution in [3.63, 3.8) is 0 Å². The molecule has 2 rings (SSSR count). The summed E-state index contributed by atoms with van der Waals surface area (Å²) in [6, 6.07) is 0. The fraction of sp³-hybridized carbons (Fsp3) is 0.533. The van der Waals surface area contributed by atoms with E-state index in [1.54, 1.807) is 0 Å². The van der Waals surface area contributed by atoms with E-state index >= 15 is 0 Å². The van der Waals surface area contributed by atoms with E-state index in [1.807, 2.05) is 14.0 Å². The minimum absolute atomic E-state index is 0.0618. The first-order valence-corrected chi connectivity index (χ1v) is 9.22. The second-order valence-corrected chi connectivity index (χ2v) is 7.31. The van der Waals surface area contributed by atoms with E-state index in [4.69, 9.17) is 0 Å². The van der Waals surface area contributed by atoms with Crippen molar-refractivity contribution in [2.45, 2.75) is 26.7 Å². The van der Waals surface area contributed by atoms with E-state index in [1.165, 1.54) is 23.1 Å². The Morgan fingerprint density at radius 2 is 2.00 bits per heavy atom. The normalized spacial score (nSPS) is 14.5. The summed E-state index contributed by atoms with van der Waals surface area (Å²) >= 11 is 2.78. The van der Waals surface area contributed by atoms with Crippen LogP contribution in [0.1, 0.15) is 44.9 Å². The van der Waals surface area contributed by atoms with Gasteiger partial charge in [0.15, 0.2) is 0 Å². The molecule has 1 aliphatic rings. The number of hydrogen-bond acceptors (Lipinski definition) is 7. The molecule has 0 atom stereocenters. The largest absolute Gasteiger partial charge is 0.380 e. The number of likely N-dealkylation sites (N-methyl/N-ethyl adjacent to an activating group) is 1. The minimum Gasteiger partial charge on any atom is -0.380 e. The molecule has 0 bridgehead atoms. The number of carbonyl (C=O) groups is 2. The number of fused-ring (bicyclic) bond motifs is 1. The van der Waals surface area contributed by atoms with Gasteiger partial charge in [-0.3, -0.25) is 9.59 Å². The molecule has 22 heavy (non-hydrogen) atoms. The topological polar surface area (TPSA) is 71.1 Å². The first-order chi connectivity index (χ1) is 10.6. The number of aromatic nitrogens is 1. The van der Waals surface area contributed by atoms with Crippen LogP contribution in [0, 0.1) is 6.92 Å². The van der Waals surface area contributed by atoms with Crippen LogP contribution in [0.15, 0.2) is 10.6 Å². The number of thiazole rings is 1. The highest BCUT2D eigenvalue weighted by Gasteiger charge is 2.35. The van der Waals surface area contributed by atoms with Crippen LogP contribution in [0.5, 0.6) is 0 Å². The van der Waals surface area contributed by atoms with Gasteiger partial charge in [0, 0.05) is 13.1 Å². The monoisotopic (exact) mass is 339 g/mol. The van der Waals surface area contributed by atoms with E-state index in [0.29, 0.717) is 27.7 Å². The number of nitrogens with zero attached hydrogens (tertiary/aromatic N) is 1. The molecule has 2 N–H and O–H groups in total. The van der Waals surface area contributed by atoms with Crippen LogP contribution >= 0.6 is 23.1 Å². The molecule has 1 heterocycles. The van der Waals surface area contributed by atoms with Gasteiger partial charge in [0.1, 0.15) is 16.3 Å². The van der Waals surface area contributed by atoms with Gasteiger partial charge in [-0.05, 0) is 26.1 Å². The van der Waals surface area contributed by atoms with Crippen LogP contribution in [0.2, 0.25) is 0 Å². The van der Waals surface area contributed by atoms with Crippen LogP contribution in [0.25, 0.3) is 0 Å². The summed E-state index contributed by atoms with van der Waals surface area (Å²) in [5, 5.41) is 6.89. The van der Waals surface area contributed by atoms with E-state index in [-0.39, 0.29) is 11.6 Å². The summed E-state index contributed by atoms with van der Waals surface area (Å²) < 4.78 is 0. The van der Waals surface area contributed by atoms with Gasteiger partial charge in [-0.25, -0.2) is 4.98 Å². The minimum atomic E-state index is -0.158. The Bertz CT molecular complexity index is 558. The maximum atomic E-state index is 12.7. The highest BCUT2D eigenvalue weighted by Crippen LogP contribution is 2.34. The van der Waals surface area contributed by atoms with Crippen LogP contribution in [-0.4, -0.2) is 42.4 Å². The Hall–Kier alpha value is -1.18. The van der Waals surface area contributed by atoms with Crippen molar-refractivity contribution < 1.29 is 9.59 Å². The van der Waals surface area contributed by atoms with Crippen LogP contribution < -0.4 is 10.6 Å². The Kier molecular flexibility index (Phi) is 6.16. The molecule has 0 amide bonds. The smallest absolute Gasteiger partial charge is 0.230 e. The zero-order valence-corrected chi connectivity index (χ0v) is 14.7. The lowest BCUT2D eigenvalue weighted by molar-refractivity contribution is 0.0975. The summed E-state index contributed by atoms with van der Waals surface area (Å²) in [7, 11) is 1.85. The van der Waals surface area contributed by atoms with Gasteiger partial charge in [0.05, 0.1) is 9.91 Å². The molecule has 0 fully saturated rings. The first kappa shape index (κ1) is 17.2. The SMILES string of the molecule is CCCCSC1=C(NCCNC)C(=O)c2nc(C)sc2C1=O. The van der Waals surface area contributed by atoms with Gasteiger partial charge >= 0.3 is 0 Å². The first-order valence-electron chi connectivity index (χ1n) is 7.42. The Morgan fingerprint density at radius 1 is 1.23 bits per heavy atom. The van der Waals surface area contributed by atoms with E-state index < -0.39 is 0 Å². The second kappa shape index (κ2) is 7.89. The van der Waals surface area contributed by atoms with Gasteiger partial charge in [-0.1, -0.05) is 13.3 Å². The summed E-state index contributed by atoms with van der Waals surface area (Å²) in [5.74, 6) is 0.622. The maximum Gasteiger partial charge on any atom is 0.230 e. The molecule has 120 valence electrons. The summed E-state index contributed by atoms with van der Waals surface area (Å²) in [5.41, 5.74) is 0.721. The van der Waals surface area contributed by atoms with Gasteiger partial charge in [0.25, 0.3) is 0 Å². The number of allylic oxidation sites excluding steroid dienone is 2. The summed E-state index contributed by atoms with van der Waals surface area (Å²) in [6.45, 7) is 5.25. The average molecular weight is 339 g/mol. The standard InChI is InChI=1S/C15H21N3O2S2/c1-4-5-8-21-14-10(17-7-6-16-3)12(19)11-15(13(14)20)22-9(2)18-11/h16-17H,4-8H2,1-3H3. The van der Waals surface area contributed by atoms with Crippen molar-refractivity contribution in [3.05, 3.63) is 26.2 Å². The third kappa shape index (κ3) is 3.59. The van der Waals surface area contributed by atoms with Crippen molar-refractivity contribution in [1.82, 2.24) is 15.6 Å². The molecule has 0 aliphatic heterocycles. The molecule has 0 spiro atoms. The van der Waals surface area contributed by atoms with E-state index in [0.717, 1.165) is 30.1 Å². The molecule has 1 aromatic rings. The number of thioether (sulfide) groups is 1. The third-order valence-corrected chi connectivity index (χ3v) is 5.38. The zero-order chi connectivity index (χ0) is 16.1. The summed E-state index contributed by atoms with van der Waals surface area (Å²) in [4.78, 5) is 30.6. The van der Waals surface area contributed by atoms with Gasteiger partial charge in [-0.15, -0.1) is 23.1 Å². The number of nitrogens with one attached hydrogen (secondary N) is 2. The molecule has 1 aliphatic carbocycles. The van der Waals surface area contributed by atoms with Crippen LogP contribution in [-0.2, 0) is 0 Å². The van der Waals surface area contributed by atoms with Crippen molar-refractivity contribution in [2.75, 3.05) is 25.9 Å². The number of unbranched alkanes of at least 4 members (excludes halogenated alkanes) is 1. The molecular formula is C15H21N3O2S2. The average Bonchev–Trinajstić information content (AvgIpc) is 2.89. The summed E-state index contributed by atoms with van der Waals surface area (Å²) in [6.07, 6.45) is 2.09. The number of Topliss-reactive ketones (excluding diaryl/α,β-unsaturated/α-hetero) is 2. The molecule has 0 radical (unpaired) electrons. The van der Waals surface area contributed by atoms with E-state index in [2.05, 4.69) is 22.5 Å². The molecule has 0 saturated carbocycles. The lowest BCUT2D eigenvalue weighted by atomic mass is 10.0. The number of ketones is 2.